The maximum atomic E-state index is 11.9. The van der Waals surface area contributed by atoms with Gasteiger partial charge in [0.2, 0.25) is 0 Å². The van der Waals surface area contributed by atoms with E-state index in [9.17, 15) is 8.42 Å². The molecule has 0 aliphatic carbocycles. The van der Waals surface area contributed by atoms with E-state index in [0.29, 0.717) is 19.5 Å². The van der Waals surface area contributed by atoms with E-state index in [1.54, 1.807) is 0 Å². The van der Waals surface area contributed by atoms with Crippen molar-refractivity contribution in [2.24, 2.45) is 0 Å². The highest BCUT2D eigenvalue weighted by Crippen LogP contribution is 2.13. The van der Waals surface area contributed by atoms with Crippen LogP contribution in [0.5, 0.6) is 0 Å². The fraction of sp³-hybridized carbons (Fsp3) is 0.900. The Morgan fingerprint density at radius 1 is 1.38 bits per heavy atom. The van der Waals surface area contributed by atoms with E-state index in [1.165, 1.54) is 4.31 Å². The van der Waals surface area contributed by atoms with Crippen LogP contribution in [0.4, 0.5) is 0 Å². The lowest BCUT2D eigenvalue weighted by atomic mass is 10.2. The normalized spacial score (nSPS) is 20.2. The smallest absolute Gasteiger partial charge is 0.198 e. The summed E-state index contributed by atoms with van der Waals surface area (Å²) in [4.78, 5) is 0. The molecule has 1 aliphatic rings. The van der Waals surface area contributed by atoms with Gasteiger partial charge in [-0.3, -0.25) is 0 Å². The van der Waals surface area contributed by atoms with Gasteiger partial charge < -0.3 is 0 Å². The van der Waals surface area contributed by atoms with Crippen LogP contribution in [0, 0.1) is 11.3 Å². The number of nitriles is 1. The van der Waals surface area contributed by atoms with Gasteiger partial charge in [-0.25, -0.2) is 0 Å². The molecule has 1 atom stereocenters. The predicted octanol–water partition coefficient (Wildman–Crippen LogP) is 0.999. The van der Waals surface area contributed by atoms with Gasteiger partial charge in [-0.15, -0.1) is 0 Å². The number of rotatable bonds is 5. The van der Waals surface area contributed by atoms with Crippen LogP contribution in [0.1, 0.15) is 39.0 Å². The minimum absolute atomic E-state index is 0.226. The van der Waals surface area contributed by atoms with Crippen molar-refractivity contribution in [2.75, 3.05) is 13.1 Å². The van der Waals surface area contributed by atoms with E-state index < -0.39 is 10.2 Å². The van der Waals surface area contributed by atoms with E-state index in [-0.39, 0.29) is 12.5 Å². The quantitative estimate of drug-likeness (QED) is 0.785. The van der Waals surface area contributed by atoms with Crippen molar-refractivity contribution in [2.45, 2.75) is 45.1 Å². The van der Waals surface area contributed by atoms with Crippen LogP contribution in [0.25, 0.3) is 0 Å². The van der Waals surface area contributed by atoms with Gasteiger partial charge in [0, 0.05) is 19.1 Å². The number of piperidine rings is 1. The van der Waals surface area contributed by atoms with Crippen LogP contribution in [0.3, 0.4) is 0 Å². The molecule has 0 bridgehead atoms. The van der Waals surface area contributed by atoms with Gasteiger partial charge in [0.15, 0.2) is 0 Å². The highest BCUT2D eigenvalue weighted by Gasteiger charge is 2.25. The fourth-order valence-corrected chi connectivity index (χ4v) is 3.33. The average molecular weight is 245 g/mol. The highest BCUT2D eigenvalue weighted by molar-refractivity contribution is 7.87. The van der Waals surface area contributed by atoms with Crippen LogP contribution in [0.15, 0.2) is 0 Å². The summed E-state index contributed by atoms with van der Waals surface area (Å²) < 4.78 is 27.9. The van der Waals surface area contributed by atoms with Crippen LogP contribution in [0.2, 0.25) is 0 Å². The standard InChI is InChI=1S/C10H19N3O2S/c1-2-10(6-7-11)12-16(14,15)13-8-4-3-5-9-13/h10,12H,2-6,8-9H2,1H3. The molecule has 1 N–H and O–H groups in total. The zero-order chi connectivity index (χ0) is 12.0. The van der Waals surface area contributed by atoms with Gasteiger partial charge in [-0.1, -0.05) is 13.3 Å². The Bertz CT molecular complexity index is 342. The predicted molar refractivity (Wildman–Crippen MR) is 61.8 cm³/mol. The van der Waals surface area contributed by atoms with Gasteiger partial charge in [0.05, 0.1) is 12.5 Å². The van der Waals surface area contributed by atoms with Crippen molar-refractivity contribution in [3.8, 4) is 6.07 Å². The lowest BCUT2D eigenvalue weighted by Crippen LogP contribution is -2.47. The van der Waals surface area contributed by atoms with Gasteiger partial charge in [0.1, 0.15) is 0 Å². The van der Waals surface area contributed by atoms with Crippen LogP contribution in [-0.2, 0) is 10.2 Å². The van der Waals surface area contributed by atoms with Crippen molar-refractivity contribution in [3.05, 3.63) is 0 Å². The lowest BCUT2D eigenvalue weighted by molar-refractivity contribution is 0.338. The molecule has 1 rings (SSSR count). The molecule has 1 saturated heterocycles. The Labute approximate surface area is 97.6 Å². The molecular formula is C10H19N3O2S. The van der Waals surface area contributed by atoms with Crippen molar-refractivity contribution in [1.82, 2.24) is 9.03 Å². The van der Waals surface area contributed by atoms with E-state index in [4.69, 9.17) is 5.26 Å². The summed E-state index contributed by atoms with van der Waals surface area (Å²) in [6.45, 7) is 3.07. The zero-order valence-corrected chi connectivity index (χ0v) is 10.5. The molecule has 1 heterocycles. The summed E-state index contributed by atoms with van der Waals surface area (Å²) in [5.41, 5.74) is 0. The fourth-order valence-electron chi connectivity index (χ4n) is 1.77. The second-order valence-electron chi connectivity index (χ2n) is 4.05. The first-order valence-corrected chi connectivity index (χ1v) is 7.18. The van der Waals surface area contributed by atoms with Gasteiger partial charge in [-0.2, -0.15) is 22.7 Å². The monoisotopic (exact) mass is 245 g/mol. The van der Waals surface area contributed by atoms with Crippen molar-refractivity contribution >= 4 is 10.2 Å². The topological polar surface area (TPSA) is 73.2 Å². The minimum atomic E-state index is -3.38. The zero-order valence-electron chi connectivity index (χ0n) is 9.65. The second kappa shape index (κ2) is 6.18. The number of nitrogens with zero attached hydrogens (tertiary/aromatic N) is 2. The third kappa shape index (κ3) is 3.74. The molecule has 16 heavy (non-hydrogen) atoms. The summed E-state index contributed by atoms with van der Waals surface area (Å²) in [5, 5.41) is 8.58. The number of nitrogens with one attached hydrogen (secondary N) is 1. The molecule has 0 saturated carbocycles. The maximum Gasteiger partial charge on any atom is 0.279 e. The molecule has 0 aromatic heterocycles. The summed E-state index contributed by atoms with van der Waals surface area (Å²) in [5.74, 6) is 0. The number of hydrogen-bond donors (Lipinski definition) is 1. The lowest BCUT2D eigenvalue weighted by Gasteiger charge is -2.27. The summed E-state index contributed by atoms with van der Waals surface area (Å²) in [6, 6.07) is 1.73. The minimum Gasteiger partial charge on any atom is -0.198 e. The second-order valence-corrected chi connectivity index (χ2v) is 5.75. The third-order valence-corrected chi connectivity index (χ3v) is 4.48. The molecule has 6 heteroatoms. The molecule has 0 radical (unpaired) electrons. The van der Waals surface area contributed by atoms with E-state index in [1.807, 2.05) is 13.0 Å². The van der Waals surface area contributed by atoms with Crippen molar-refractivity contribution < 1.29 is 8.42 Å². The Morgan fingerprint density at radius 3 is 2.50 bits per heavy atom. The van der Waals surface area contributed by atoms with E-state index in [0.717, 1.165) is 19.3 Å². The molecule has 0 aromatic rings. The SMILES string of the molecule is CCC(CC#N)NS(=O)(=O)N1CCCCC1. The molecule has 0 amide bonds. The van der Waals surface area contributed by atoms with Crippen LogP contribution >= 0.6 is 0 Å². The van der Waals surface area contributed by atoms with Crippen molar-refractivity contribution in [3.63, 3.8) is 0 Å². The maximum absolute atomic E-state index is 11.9. The number of hydrogen-bond acceptors (Lipinski definition) is 3. The third-order valence-electron chi connectivity index (χ3n) is 2.80. The first-order valence-electron chi connectivity index (χ1n) is 5.74. The first kappa shape index (κ1) is 13.4. The molecule has 0 spiro atoms. The largest absolute Gasteiger partial charge is 0.279 e. The summed E-state index contributed by atoms with van der Waals surface area (Å²) >= 11 is 0. The summed E-state index contributed by atoms with van der Waals surface area (Å²) in [6.07, 6.45) is 3.82. The Balaban J connectivity index is 2.59. The molecule has 1 aliphatic heterocycles. The molecular weight excluding hydrogens is 226 g/mol. The van der Waals surface area contributed by atoms with Gasteiger partial charge in [0.25, 0.3) is 10.2 Å². The van der Waals surface area contributed by atoms with Crippen LogP contribution in [-0.4, -0.2) is 31.9 Å². The Kier molecular flexibility index (Phi) is 5.19. The molecule has 1 unspecified atom stereocenters. The van der Waals surface area contributed by atoms with Gasteiger partial charge in [-0.05, 0) is 19.3 Å². The highest BCUT2D eigenvalue weighted by atomic mass is 32.2. The average Bonchev–Trinajstić information content (AvgIpc) is 2.29. The summed E-state index contributed by atoms with van der Waals surface area (Å²) in [7, 11) is -3.38. The Hall–Kier alpha value is -0.640. The van der Waals surface area contributed by atoms with Gasteiger partial charge >= 0.3 is 0 Å². The van der Waals surface area contributed by atoms with E-state index in [2.05, 4.69) is 4.72 Å². The molecule has 5 nitrogen and oxygen atoms in total. The Morgan fingerprint density at radius 2 is 2.00 bits per heavy atom. The first-order chi connectivity index (χ1) is 7.60. The molecule has 1 fully saturated rings. The van der Waals surface area contributed by atoms with Crippen LogP contribution < -0.4 is 4.72 Å². The molecule has 92 valence electrons. The van der Waals surface area contributed by atoms with Crippen molar-refractivity contribution in [1.29, 1.82) is 5.26 Å². The molecule has 0 aromatic carbocycles. The van der Waals surface area contributed by atoms with E-state index >= 15 is 0 Å².